The van der Waals surface area contributed by atoms with E-state index in [1.165, 1.54) is 10.5 Å². The molecular formula is C33H46N4O4. The third-order valence-corrected chi connectivity index (χ3v) is 7.84. The Morgan fingerprint density at radius 2 is 1.88 bits per heavy atom. The predicted molar refractivity (Wildman–Crippen MR) is 162 cm³/mol. The fourth-order valence-corrected chi connectivity index (χ4v) is 5.88. The summed E-state index contributed by atoms with van der Waals surface area (Å²) >= 11 is 0. The van der Waals surface area contributed by atoms with E-state index in [9.17, 15) is 9.59 Å². The van der Waals surface area contributed by atoms with Gasteiger partial charge in [0.25, 0.3) is 5.91 Å². The number of hydrogen-bond acceptors (Lipinski definition) is 6. The number of carbonyl (C=O) groups is 2. The molecule has 2 atom stereocenters. The van der Waals surface area contributed by atoms with Crippen LogP contribution in [0.25, 0.3) is 0 Å². The van der Waals surface area contributed by atoms with Crippen LogP contribution in [0, 0.1) is 0 Å². The molecule has 6 rings (SSSR count). The highest BCUT2D eigenvalue weighted by Crippen LogP contribution is 2.40. The topological polar surface area (TPSA) is 106 Å². The van der Waals surface area contributed by atoms with E-state index in [1.807, 2.05) is 34.6 Å². The Morgan fingerprint density at radius 1 is 1.10 bits per heavy atom. The molecule has 4 heterocycles. The van der Waals surface area contributed by atoms with Crippen LogP contribution < -0.4 is 20.5 Å². The summed E-state index contributed by atoms with van der Waals surface area (Å²) in [7, 11) is 0. The summed E-state index contributed by atoms with van der Waals surface area (Å²) in [5, 5.41) is 3.27. The normalized spacial score (nSPS) is 22.4. The van der Waals surface area contributed by atoms with Gasteiger partial charge in [0.05, 0.1) is 25.2 Å². The monoisotopic (exact) mass is 562 g/mol. The Bertz CT molecular complexity index is 1270. The molecule has 2 amide bonds. The van der Waals surface area contributed by atoms with Gasteiger partial charge in [-0.2, -0.15) is 0 Å². The zero-order chi connectivity index (χ0) is 29.6. The molecule has 2 unspecified atom stereocenters. The number of nitrogens with two attached hydrogens (primary N) is 1. The van der Waals surface area contributed by atoms with Gasteiger partial charge < -0.3 is 20.5 Å². The molecule has 0 saturated carbocycles. The molecule has 3 N–H and O–H groups in total. The van der Waals surface area contributed by atoms with Gasteiger partial charge in [0.15, 0.2) is 5.96 Å². The smallest absolute Gasteiger partial charge is 0.251 e. The number of aryl methyl sites for hydroxylation is 1. The number of carbonyl (C=O) groups excluding carboxylic acids is 2. The molecule has 0 aliphatic carbocycles. The molecule has 0 spiro atoms. The number of nitrogens with one attached hydrogen (secondary N) is 1. The van der Waals surface area contributed by atoms with E-state index in [0.29, 0.717) is 30.8 Å². The van der Waals surface area contributed by atoms with Crippen molar-refractivity contribution < 1.29 is 19.1 Å². The lowest BCUT2D eigenvalue weighted by molar-refractivity contribution is -0.128. The second-order valence-corrected chi connectivity index (χ2v) is 11.5. The van der Waals surface area contributed by atoms with Crippen molar-refractivity contribution in [2.24, 2.45) is 10.7 Å². The highest BCUT2D eigenvalue weighted by molar-refractivity contribution is 5.99. The highest BCUT2D eigenvalue weighted by atomic mass is 16.5. The number of benzene rings is 2. The van der Waals surface area contributed by atoms with Crippen LogP contribution in [-0.4, -0.2) is 40.9 Å². The minimum atomic E-state index is -0.409. The van der Waals surface area contributed by atoms with Crippen molar-refractivity contribution >= 4 is 17.8 Å². The molecule has 8 heteroatoms. The summed E-state index contributed by atoms with van der Waals surface area (Å²) in [5.74, 6) is 1.46. The maximum absolute atomic E-state index is 13.6. The van der Waals surface area contributed by atoms with Gasteiger partial charge in [0.2, 0.25) is 5.91 Å². The largest absolute Gasteiger partial charge is 0.494 e. The summed E-state index contributed by atoms with van der Waals surface area (Å²) in [6, 6.07) is 11.5. The second-order valence-electron chi connectivity index (χ2n) is 11.5. The van der Waals surface area contributed by atoms with Crippen molar-refractivity contribution in [1.82, 2.24) is 10.2 Å². The summed E-state index contributed by atoms with van der Waals surface area (Å²) in [6.45, 7) is 10.7. The van der Waals surface area contributed by atoms with Crippen LogP contribution in [0.2, 0.25) is 0 Å². The Labute approximate surface area is 244 Å². The fraction of sp³-hybridized carbons (Fsp3) is 0.545. The van der Waals surface area contributed by atoms with Crippen molar-refractivity contribution in [3.63, 3.8) is 0 Å². The molecular weight excluding hydrogens is 516 g/mol. The quantitative estimate of drug-likeness (QED) is 0.462. The number of guanidine groups is 1. The first-order valence-corrected chi connectivity index (χ1v) is 15.2. The summed E-state index contributed by atoms with van der Waals surface area (Å²) in [6.07, 6.45) is 7.15. The second kappa shape index (κ2) is 13.4. The molecule has 0 saturated heterocycles. The Kier molecular flexibility index (Phi) is 9.94. The van der Waals surface area contributed by atoms with Gasteiger partial charge in [-0.25, -0.2) is 4.99 Å². The molecule has 2 aromatic rings. The van der Waals surface area contributed by atoms with Crippen LogP contribution in [0.4, 0.5) is 0 Å². The van der Waals surface area contributed by atoms with Crippen LogP contribution in [0.1, 0.15) is 113 Å². The van der Waals surface area contributed by atoms with Crippen LogP contribution in [0.15, 0.2) is 41.4 Å². The van der Waals surface area contributed by atoms with Crippen LogP contribution in [0.3, 0.4) is 0 Å². The van der Waals surface area contributed by atoms with Crippen LogP contribution in [-0.2, 0) is 17.8 Å². The van der Waals surface area contributed by atoms with Crippen molar-refractivity contribution in [3.05, 3.63) is 58.7 Å². The molecule has 4 aliphatic heterocycles. The minimum Gasteiger partial charge on any atom is -0.494 e. The third-order valence-electron chi connectivity index (χ3n) is 7.84. The predicted octanol–water partition coefficient (Wildman–Crippen LogP) is 6.07. The molecule has 0 fully saturated rings. The van der Waals surface area contributed by atoms with E-state index >= 15 is 0 Å². The zero-order valence-electron chi connectivity index (χ0n) is 25.3. The average Bonchev–Trinajstić information content (AvgIpc) is 2.93. The van der Waals surface area contributed by atoms with Gasteiger partial charge in [0, 0.05) is 29.5 Å². The molecule has 41 heavy (non-hydrogen) atoms. The molecule has 222 valence electrons. The Hall–Kier alpha value is -3.55. The Balaban J connectivity index is 0.00000189. The molecule has 8 nitrogen and oxygen atoms in total. The van der Waals surface area contributed by atoms with Crippen molar-refractivity contribution in [2.75, 3.05) is 6.61 Å². The van der Waals surface area contributed by atoms with E-state index in [1.54, 1.807) is 18.2 Å². The fourth-order valence-electron chi connectivity index (χ4n) is 5.88. The number of aliphatic imine (C=N–C) groups is 1. The minimum absolute atomic E-state index is 0.0466. The lowest BCUT2D eigenvalue weighted by Gasteiger charge is -2.38. The number of nitrogens with zero attached hydrogens (tertiary/aromatic N) is 2. The number of hydrogen-bond donors (Lipinski definition) is 2. The number of amides is 2. The maximum atomic E-state index is 13.6. The first kappa shape index (κ1) is 30.4. The molecule has 0 radical (unpaired) electrons. The summed E-state index contributed by atoms with van der Waals surface area (Å²) in [5.41, 5.74) is 9.39. The first-order valence-electron chi connectivity index (χ1n) is 15.2. The van der Waals surface area contributed by atoms with E-state index in [0.717, 1.165) is 55.4 Å². The molecule has 2 aromatic carbocycles. The van der Waals surface area contributed by atoms with Crippen molar-refractivity contribution in [2.45, 2.75) is 110 Å². The van der Waals surface area contributed by atoms with Gasteiger partial charge in [-0.15, -0.1) is 0 Å². The maximum Gasteiger partial charge on any atom is 0.251 e. The van der Waals surface area contributed by atoms with E-state index in [4.69, 9.17) is 15.2 Å². The number of rotatable bonds is 2. The summed E-state index contributed by atoms with van der Waals surface area (Å²) in [4.78, 5) is 32.9. The van der Waals surface area contributed by atoms with Crippen molar-refractivity contribution in [3.8, 4) is 11.5 Å². The van der Waals surface area contributed by atoms with Crippen LogP contribution in [0.5, 0.6) is 11.5 Å². The molecule has 4 aliphatic rings. The van der Waals surface area contributed by atoms with Crippen molar-refractivity contribution in [1.29, 1.82) is 0 Å². The first-order chi connectivity index (χ1) is 19.7. The van der Waals surface area contributed by atoms with E-state index < -0.39 is 5.60 Å². The Morgan fingerprint density at radius 3 is 2.63 bits per heavy atom. The molecule has 6 bridgehead atoms. The lowest BCUT2D eigenvalue weighted by atomic mass is 9.88. The van der Waals surface area contributed by atoms with E-state index in [2.05, 4.69) is 28.5 Å². The van der Waals surface area contributed by atoms with Gasteiger partial charge in [0.1, 0.15) is 17.1 Å². The van der Waals surface area contributed by atoms with Gasteiger partial charge in [-0.1, -0.05) is 45.2 Å². The third kappa shape index (κ3) is 7.40. The average molecular weight is 563 g/mol. The van der Waals surface area contributed by atoms with Gasteiger partial charge in [-0.3, -0.25) is 14.5 Å². The van der Waals surface area contributed by atoms with Gasteiger partial charge in [-0.05, 0) is 69.9 Å². The summed E-state index contributed by atoms with van der Waals surface area (Å²) < 4.78 is 12.1. The zero-order valence-corrected chi connectivity index (χ0v) is 25.3. The van der Waals surface area contributed by atoms with Gasteiger partial charge >= 0.3 is 0 Å². The standard InChI is InChI=1S/C31H40N4O4.C2H6/c1-4-38-26-14-12-21-16-22(26)19-35-28(36)17-23(33-30(35)32)10-8-6-5-7-9-20-11-13-27-24(15-20)25(34-29(21)37)18-31(2,3)39-27;1-2/h11-16,23,25H,4-10,17-19H2,1-3H3,(H2,32,33)(H,34,37);1-2H3. The van der Waals surface area contributed by atoms with Crippen LogP contribution >= 0.6 is 0 Å². The SMILES string of the molecule is CC.CCOc1ccc2cc1CN1C(=O)CC(CCCCCCc3ccc4c(c3)C(CC(C)(C)O4)NC2=O)N=C1N. The molecule has 0 aromatic heterocycles. The lowest BCUT2D eigenvalue weighted by Crippen LogP contribution is -2.46. The van der Waals surface area contributed by atoms with E-state index in [-0.39, 0.29) is 36.4 Å². The number of fused-ring (bicyclic) bond motifs is 7. The highest BCUT2D eigenvalue weighted by Gasteiger charge is 2.35. The number of ether oxygens (including phenoxy) is 2.